The van der Waals surface area contributed by atoms with Crippen molar-refractivity contribution in [2.24, 2.45) is 5.10 Å². The smallest absolute Gasteiger partial charge is 0.318 e. The number of nitrogens with one attached hydrogen (secondary N) is 2. The van der Waals surface area contributed by atoms with Gasteiger partial charge in [-0.05, 0) is 49.3 Å². The first-order valence-electron chi connectivity index (χ1n) is 8.33. The van der Waals surface area contributed by atoms with Crippen LogP contribution in [0.25, 0.3) is 0 Å². The van der Waals surface area contributed by atoms with Gasteiger partial charge in [-0.25, -0.2) is 5.43 Å². The van der Waals surface area contributed by atoms with Gasteiger partial charge < -0.3 is 5.32 Å². The molecule has 0 saturated heterocycles. The first-order chi connectivity index (χ1) is 11.1. The molecule has 0 aliphatic heterocycles. The van der Waals surface area contributed by atoms with E-state index < -0.39 is 11.8 Å². The van der Waals surface area contributed by atoms with Gasteiger partial charge in [0, 0.05) is 11.4 Å². The summed E-state index contributed by atoms with van der Waals surface area (Å²) < 4.78 is 0. The summed E-state index contributed by atoms with van der Waals surface area (Å²) in [5, 5.41) is 6.69. The minimum absolute atomic E-state index is 0.429. The Kier molecular flexibility index (Phi) is 6.32. The summed E-state index contributed by atoms with van der Waals surface area (Å²) in [7, 11) is 0. The number of carbonyl (C=O) groups excluding carboxylic acids is 2. The zero-order valence-corrected chi connectivity index (χ0v) is 13.9. The van der Waals surface area contributed by atoms with E-state index in [9.17, 15) is 9.59 Å². The van der Waals surface area contributed by atoms with Crippen LogP contribution < -0.4 is 10.7 Å². The summed E-state index contributed by atoms with van der Waals surface area (Å²) >= 11 is 0. The Morgan fingerprint density at radius 2 is 1.57 bits per heavy atom. The highest BCUT2D eigenvalue weighted by atomic mass is 16.2. The molecule has 0 atom stereocenters. The van der Waals surface area contributed by atoms with Gasteiger partial charge in [-0.1, -0.05) is 38.8 Å². The molecule has 5 heteroatoms. The topological polar surface area (TPSA) is 70.6 Å². The standard InChI is InChI=1S/C18H25N3O2/c1-13(2)14-9-11-15(12-10-14)19-17(22)18(23)21-20-16-7-5-3-4-6-8-16/h9-13H,3-8H2,1-2H3,(H,19,22)(H,21,23). The molecule has 1 saturated carbocycles. The Balaban J connectivity index is 1.86. The lowest BCUT2D eigenvalue weighted by Gasteiger charge is -2.08. The van der Waals surface area contributed by atoms with E-state index in [-0.39, 0.29) is 0 Å². The average Bonchev–Trinajstić information content (AvgIpc) is 2.81. The summed E-state index contributed by atoms with van der Waals surface area (Å²) in [6.45, 7) is 4.21. The summed E-state index contributed by atoms with van der Waals surface area (Å²) in [6.07, 6.45) is 6.42. The van der Waals surface area contributed by atoms with Crippen LogP contribution in [0.4, 0.5) is 5.69 Å². The molecular weight excluding hydrogens is 290 g/mol. The van der Waals surface area contributed by atoms with Crippen LogP contribution in [0.5, 0.6) is 0 Å². The second-order valence-electron chi connectivity index (χ2n) is 6.26. The van der Waals surface area contributed by atoms with Crippen LogP contribution >= 0.6 is 0 Å². The van der Waals surface area contributed by atoms with Crippen LogP contribution in [0.15, 0.2) is 29.4 Å². The number of benzene rings is 1. The minimum atomic E-state index is -0.727. The minimum Gasteiger partial charge on any atom is -0.318 e. The van der Waals surface area contributed by atoms with E-state index in [1.54, 1.807) is 12.1 Å². The van der Waals surface area contributed by atoms with Crippen LogP contribution in [0.2, 0.25) is 0 Å². The fourth-order valence-corrected chi connectivity index (χ4v) is 2.57. The maximum Gasteiger partial charge on any atom is 0.329 e. The monoisotopic (exact) mass is 315 g/mol. The summed E-state index contributed by atoms with van der Waals surface area (Å²) in [5.41, 5.74) is 5.14. The molecule has 0 unspecified atom stereocenters. The van der Waals surface area contributed by atoms with Gasteiger partial charge in [0.25, 0.3) is 0 Å². The fraction of sp³-hybridized carbons (Fsp3) is 0.500. The second kappa shape index (κ2) is 8.46. The average molecular weight is 315 g/mol. The van der Waals surface area contributed by atoms with Gasteiger partial charge in [0.15, 0.2) is 0 Å². The molecule has 0 heterocycles. The molecular formula is C18H25N3O2. The zero-order valence-electron chi connectivity index (χ0n) is 13.9. The van der Waals surface area contributed by atoms with Gasteiger partial charge in [0.2, 0.25) is 0 Å². The third kappa shape index (κ3) is 5.51. The quantitative estimate of drug-likeness (QED) is 0.508. The lowest BCUT2D eigenvalue weighted by atomic mass is 10.0. The molecule has 1 aromatic carbocycles. The number of hydrogen-bond donors (Lipinski definition) is 2. The Morgan fingerprint density at radius 1 is 0.957 bits per heavy atom. The van der Waals surface area contributed by atoms with Crippen LogP contribution in [0.3, 0.4) is 0 Å². The van der Waals surface area contributed by atoms with Crippen molar-refractivity contribution in [1.29, 1.82) is 0 Å². The van der Waals surface area contributed by atoms with Crippen LogP contribution in [0, 0.1) is 0 Å². The lowest BCUT2D eigenvalue weighted by molar-refractivity contribution is -0.136. The van der Waals surface area contributed by atoms with Crippen molar-refractivity contribution in [3.8, 4) is 0 Å². The molecule has 0 aromatic heterocycles. The summed E-state index contributed by atoms with van der Waals surface area (Å²) in [5.74, 6) is -0.992. The van der Waals surface area contributed by atoms with E-state index in [2.05, 4.69) is 29.7 Å². The molecule has 5 nitrogen and oxygen atoms in total. The third-order valence-corrected chi connectivity index (χ3v) is 4.04. The van der Waals surface area contributed by atoms with Crippen molar-refractivity contribution >= 4 is 23.2 Å². The predicted molar refractivity (Wildman–Crippen MR) is 92.4 cm³/mol. The molecule has 0 spiro atoms. The molecule has 1 aliphatic carbocycles. The van der Waals surface area contributed by atoms with Gasteiger partial charge in [0.05, 0.1) is 0 Å². The number of hydrogen-bond acceptors (Lipinski definition) is 3. The van der Waals surface area contributed by atoms with Crippen LogP contribution in [-0.2, 0) is 9.59 Å². The number of amides is 2. The highest BCUT2D eigenvalue weighted by Gasteiger charge is 2.14. The van der Waals surface area contributed by atoms with Crippen molar-refractivity contribution in [3.05, 3.63) is 29.8 Å². The molecule has 0 bridgehead atoms. The van der Waals surface area contributed by atoms with Crippen molar-refractivity contribution in [2.75, 3.05) is 5.32 Å². The molecule has 1 fully saturated rings. The van der Waals surface area contributed by atoms with E-state index in [0.29, 0.717) is 11.6 Å². The normalized spacial score (nSPS) is 15.0. The number of carbonyl (C=O) groups is 2. The van der Waals surface area contributed by atoms with Crippen molar-refractivity contribution in [3.63, 3.8) is 0 Å². The van der Waals surface area contributed by atoms with Gasteiger partial charge >= 0.3 is 11.8 Å². The molecule has 124 valence electrons. The van der Waals surface area contributed by atoms with E-state index in [4.69, 9.17) is 0 Å². The summed E-state index contributed by atoms with van der Waals surface area (Å²) in [6, 6.07) is 7.50. The molecule has 2 N–H and O–H groups in total. The maximum absolute atomic E-state index is 11.9. The van der Waals surface area contributed by atoms with Crippen LogP contribution in [-0.4, -0.2) is 17.5 Å². The van der Waals surface area contributed by atoms with Crippen molar-refractivity contribution in [1.82, 2.24) is 5.43 Å². The SMILES string of the molecule is CC(C)c1ccc(NC(=O)C(=O)NN=C2CCCCCC2)cc1. The number of hydrazone groups is 1. The molecule has 2 amide bonds. The van der Waals surface area contributed by atoms with E-state index >= 15 is 0 Å². The molecule has 1 aliphatic rings. The Labute approximate surface area is 137 Å². The Morgan fingerprint density at radius 3 is 2.13 bits per heavy atom. The van der Waals surface area contributed by atoms with E-state index in [1.807, 2.05) is 12.1 Å². The first-order valence-corrected chi connectivity index (χ1v) is 8.33. The zero-order chi connectivity index (χ0) is 16.7. The molecule has 23 heavy (non-hydrogen) atoms. The number of rotatable bonds is 3. The van der Waals surface area contributed by atoms with Crippen LogP contribution in [0.1, 0.15) is 63.9 Å². The first kappa shape index (κ1) is 17.2. The van der Waals surface area contributed by atoms with Crippen molar-refractivity contribution < 1.29 is 9.59 Å². The van der Waals surface area contributed by atoms with Gasteiger partial charge in [-0.2, -0.15) is 5.10 Å². The Hall–Kier alpha value is -2.17. The largest absolute Gasteiger partial charge is 0.329 e. The summed E-state index contributed by atoms with van der Waals surface area (Å²) in [4.78, 5) is 23.7. The van der Waals surface area contributed by atoms with Gasteiger partial charge in [0.1, 0.15) is 0 Å². The lowest BCUT2D eigenvalue weighted by Crippen LogP contribution is -2.33. The van der Waals surface area contributed by atoms with Gasteiger partial charge in [-0.15, -0.1) is 0 Å². The number of nitrogens with zero attached hydrogens (tertiary/aromatic N) is 1. The van der Waals surface area contributed by atoms with Gasteiger partial charge in [-0.3, -0.25) is 9.59 Å². The molecule has 1 aromatic rings. The highest BCUT2D eigenvalue weighted by molar-refractivity contribution is 6.39. The fourth-order valence-electron chi connectivity index (χ4n) is 2.57. The van der Waals surface area contributed by atoms with E-state index in [1.165, 1.54) is 18.4 Å². The Bertz CT molecular complexity index is 566. The number of anilines is 1. The molecule has 2 rings (SSSR count). The predicted octanol–water partition coefficient (Wildman–Crippen LogP) is 3.57. The maximum atomic E-state index is 11.9. The third-order valence-electron chi connectivity index (χ3n) is 4.04. The van der Waals surface area contributed by atoms with Crippen molar-refractivity contribution in [2.45, 2.75) is 58.3 Å². The molecule has 0 radical (unpaired) electrons. The highest BCUT2D eigenvalue weighted by Crippen LogP contribution is 2.17. The second-order valence-corrected chi connectivity index (χ2v) is 6.26. The van der Waals surface area contributed by atoms with E-state index in [0.717, 1.165) is 31.4 Å².